The highest BCUT2D eigenvalue weighted by Gasteiger charge is 2.13. The fourth-order valence-corrected chi connectivity index (χ4v) is 1.98. The van der Waals surface area contributed by atoms with Gasteiger partial charge in [0.1, 0.15) is 0 Å². The fourth-order valence-electron chi connectivity index (χ4n) is 1.98. The van der Waals surface area contributed by atoms with Crippen LogP contribution in [0.2, 0.25) is 0 Å². The van der Waals surface area contributed by atoms with Gasteiger partial charge in [0.05, 0.1) is 18.1 Å². The standard InChI is InChI=1S/C15H14FNO4/c1-21-15-9-11(4-7-13(15)16)14(18)8-10-2-5-12(6-3-10)17(19)20/h2-7,9,14,18H,8H2,1H3. The molecule has 21 heavy (non-hydrogen) atoms. The average molecular weight is 291 g/mol. The van der Waals surface area contributed by atoms with E-state index in [0.717, 1.165) is 5.56 Å². The minimum absolute atomic E-state index is 0.00306. The van der Waals surface area contributed by atoms with Crippen molar-refractivity contribution < 1.29 is 19.2 Å². The summed E-state index contributed by atoms with van der Waals surface area (Å²) in [6.45, 7) is 0. The molecule has 0 aliphatic carbocycles. The second-order valence-corrected chi connectivity index (χ2v) is 4.54. The van der Waals surface area contributed by atoms with Crippen LogP contribution in [0.4, 0.5) is 10.1 Å². The molecule has 2 aromatic rings. The van der Waals surface area contributed by atoms with E-state index in [1.54, 1.807) is 12.1 Å². The summed E-state index contributed by atoms with van der Waals surface area (Å²) in [5.74, 6) is -0.431. The van der Waals surface area contributed by atoms with E-state index in [9.17, 15) is 19.6 Å². The number of nitro groups is 1. The number of hydrogen-bond acceptors (Lipinski definition) is 4. The number of nitrogens with zero attached hydrogens (tertiary/aromatic N) is 1. The van der Waals surface area contributed by atoms with Gasteiger partial charge in [-0.15, -0.1) is 0 Å². The van der Waals surface area contributed by atoms with Crippen molar-refractivity contribution in [1.29, 1.82) is 0 Å². The maximum Gasteiger partial charge on any atom is 0.269 e. The van der Waals surface area contributed by atoms with E-state index in [0.29, 0.717) is 5.56 Å². The Morgan fingerprint density at radius 3 is 2.52 bits per heavy atom. The van der Waals surface area contributed by atoms with Crippen LogP contribution in [-0.4, -0.2) is 17.1 Å². The first-order chi connectivity index (χ1) is 10.0. The van der Waals surface area contributed by atoms with Crippen LogP contribution in [0, 0.1) is 15.9 Å². The molecule has 0 amide bonds. The molecule has 0 aliphatic rings. The van der Waals surface area contributed by atoms with Gasteiger partial charge in [-0.05, 0) is 23.3 Å². The quantitative estimate of drug-likeness (QED) is 0.679. The molecular formula is C15H14FNO4. The van der Waals surface area contributed by atoms with Crippen LogP contribution in [0.5, 0.6) is 5.75 Å². The minimum atomic E-state index is -0.846. The molecule has 0 spiro atoms. The lowest BCUT2D eigenvalue weighted by atomic mass is 10.0. The number of aliphatic hydroxyl groups is 1. The molecular weight excluding hydrogens is 277 g/mol. The maximum absolute atomic E-state index is 13.3. The van der Waals surface area contributed by atoms with Gasteiger partial charge in [-0.1, -0.05) is 18.2 Å². The van der Waals surface area contributed by atoms with Crippen molar-refractivity contribution in [2.45, 2.75) is 12.5 Å². The first-order valence-electron chi connectivity index (χ1n) is 6.26. The van der Waals surface area contributed by atoms with Crippen molar-refractivity contribution >= 4 is 5.69 Å². The molecule has 0 aliphatic heterocycles. The molecule has 110 valence electrons. The number of halogens is 1. The number of hydrogen-bond donors (Lipinski definition) is 1. The van der Waals surface area contributed by atoms with E-state index in [1.807, 2.05) is 0 Å². The lowest BCUT2D eigenvalue weighted by Crippen LogP contribution is -2.03. The zero-order valence-corrected chi connectivity index (χ0v) is 11.3. The number of rotatable bonds is 5. The predicted molar refractivity (Wildman–Crippen MR) is 74.7 cm³/mol. The largest absolute Gasteiger partial charge is 0.494 e. The van der Waals surface area contributed by atoms with Gasteiger partial charge in [0.15, 0.2) is 11.6 Å². The van der Waals surface area contributed by atoms with Gasteiger partial charge >= 0.3 is 0 Å². The van der Waals surface area contributed by atoms with Crippen LogP contribution >= 0.6 is 0 Å². The summed E-state index contributed by atoms with van der Waals surface area (Å²) in [6, 6.07) is 10.1. The van der Waals surface area contributed by atoms with Gasteiger partial charge in [-0.2, -0.15) is 0 Å². The zero-order valence-electron chi connectivity index (χ0n) is 11.3. The number of benzene rings is 2. The molecule has 1 atom stereocenters. The Hall–Kier alpha value is -2.47. The molecule has 0 saturated heterocycles. The summed E-state index contributed by atoms with van der Waals surface area (Å²) in [5.41, 5.74) is 1.26. The molecule has 6 heteroatoms. The topological polar surface area (TPSA) is 72.6 Å². The lowest BCUT2D eigenvalue weighted by molar-refractivity contribution is -0.384. The first kappa shape index (κ1) is 14.9. The molecule has 2 aromatic carbocycles. The van der Waals surface area contributed by atoms with Gasteiger partial charge in [0, 0.05) is 18.6 Å². The third-order valence-electron chi connectivity index (χ3n) is 3.14. The average Bonchev–Trinajstić information content (AvgIpc) is 2.48. The normalized spacial score (nSPS) is 12.0. The molecule has 1 unspecified atom stereocenters. The zero-order chi connectivity index (χ0) is 15.4. The molecule has 0 aromatic heterocycles. The lowest BCUT2D eigenvalue weighted by Gasteiger charge is -2.12. The van der Waals surface area contributed by atoms with Crippen LogP contribution in [0.3, 0.4) is 0 Å². The van der Waals surface area contributed by atoms with Gasteiger partial charge in [0.2, 0.25) is 0 Å². The smallest absolute Gasteiger partial charge is 0.269 e. The molecule has 0 bridgehead atoms. The van der Waals surface area contributed by atoms with E-state index in [1.165, 1.54) is 37.4 Å². The highest BCUT2D eigenvalue weighted by Crippen LogP contribution is 2.25. The van der Waals surface area contributed by atoms with Crippen molar-refractivity contribution in [3.63, 3.8) is 0 Å². The number of non-ortho nitro benzene ring substituents is 1. The Balaban J connectivity index is 2.13. The van der Waals surface area contributed by atoms with Gasteiger partial charge in [0.25, 0.3) is 5.69 Å². The van der Waals surface area contributed by atoms with E-state index >= 15 is 0 Å². The monoisotopic (exact) mass is 291 g/mol. The van der Waals surface area contributed by atoms with Crippen LogP contribution in [-0.2, 0) is 6.42 Å². The molecule has 0 heterocycles. The molecule has 5 nitrogen and oxygen atoms in total. The highest BCUT2D eigenvalue weighted by molar-refractivity contribution is 5.35. The molecule has 0 saturated carbocycles. The van der Waals surface area contributed by atoms with Crippen molar-refractivity contribution in [3.8, 4) is 5.75 Å². The Bertz CT molecular complexity index is 643. The number of ether oxygens (including phenoxy) is 1. The second kappa shape index (κ2) is 6.32. The van der Waals surface area contributed by atoms with Crippen molar-refractivity contribution in [2.24, 2.45) is 0 Å². The minimum Gasteiger partial charge on any atom is -0.494 e. The Morgan fingerprint density at radius 1 is 1.29 bits per heavy atom. The predicted octanol–water partition coefficient (Wildman–Crippen LogP) is 3.02. The number of aliphatic hydroxyl groups excluding tert-OH is 1. The summed E-state index contributed by atoms with van der Waals surface area (Å²) in [4.78, 5) is 10.1. The third-order valence-corrected chi connectivity index (χ3v) is 3.14. The van der Waals surface area contributed by atoms with Crippen LogP contribution in [0.15, 0.2) is 42.5 Å². The SMILES string of the molecule is COc1cc(C(O)Cc2ccc([N+](=O)[O-])cc2)ccc1F. The van der Waals surface area contributed by atoms with Crippen LogP contribution in [0.1, 0.15) is 17.2 Å². The van der Waals surface area contributed by atoms with E-state index in [2.05, 4.69) is 0 Å². The van der Waals surface area contributed by atoms with Crippen molar-refractivity contribution in [1.82, 2.24) is 0 Å². The summed E-state index contributed by atoms with van der Waals surface area (Å²) < 4.78 is 18.2. The second-order valence-electron chi connectivity index (χ2n) is 4.54. The van der Waals surface area contributed by atoms with Crippen molar-refractivity contribution in [2.75, 3.05) is 7.11 Å². The van der Waals surface area contributed by atoms with E-state index in [4.69, 9.17) is 4.74 Å². The first-order valence-corrected chi connectivity index (χ1v) is 6.26. The number of methoxy groups -OCH3 is 1. The third kappa shape index (κ3) is 3.55. The van der Waals surface area contributed by atoms with E-state index < -0.39 is 16.8 Å². The summed E-state index contributed by atoms with van der Waals surface area (Å²) >= 11 is 0. The van der Waals surface area contributed by atoms with Gasteiger partial charge in [-0.3, -0.25) is 10.1 Å². The van der Waals surface area contributed by atoms with E-state index in [-0.39, 0.29) is 17.9 Å². The van der Waals surface area contributed by atoms with Gasteiger partial charge < -0.3 is 9.84 Å². The fraction of sp³-hybridized carbons (Fsp3) is 0.200. The van der Waals surface area contributed by atoms with Crippen LogP contribution < -0.4 is 4.74 Å². The Labute approximate surface area is 120 Å². The summed E-state index contributed by atoms with van der Waals surface area (Å²) in [5, 5.41) is 20.7. The van der Waals surface area contributed by atoms with Crippen LogP contribution in [0.25, 0.3) is 0 Å². The maximum atomic E-state index is 13.3. The molecule has 0 radical (unpaired) electrons. The summed E-state index contributed by atoms with van der Waals surface area (Å²) in [6.07, 6.45) is -0.576. The molecule has 0 fully saturated rings. The molecule has 1 N–H and O–H groups in total. The summed E-state index contributed by atoms with van der Waals surface area (Å²) in [7, 11) is 1.35. The highest BCUT2D eigenvalue weighted by atomic mass is 19.1. The Kier molecular flexibility index (Phi) is 4.49. The van der Waals surface area contributed by atoms with Crippen molar-refractivity contribution in [3.05, 3.63) is 69.5 Å². The number of nitro benzene ring substituents is 1. The van der Waals surface area contributed by atoms with Gasteiger partial charge in [-0.25, -0.2) is 4.39 Å². The Morgan fingerprint density at radius 2 is 1.95 bits per heavy atom. The molecule has 2 rings (SSSR count).